The molecule has 19 heavy (non-hydrogen) atoms. The summed E-state index contributed by atoms with van der Waals surface area (Å²) < 4.78 is 0. The minimum atomic E-state index is -0.509. The smallest absolute Gasteiger partial charge is 0.309 e. The van der Waals surface area contributed by atoms with Crippen molar-refractivity contribution in [2.75, 3.05) is 19.6 Å². The standard InChI is InChI=1S/C16H27NO2/c1-3-17(4-2)11-15-6-12-5-13(7-15)9-16(8-12,10-15)14(18)19/h12-13H,3-11H2,1-2H3,(H,18,19)/t12-,13+,15?,16?. The molecule has 0 aromatic carbocycles. The molecule has 3 heteroatoms. The third-order valence-corrected chi connectivity index (χ3v) is 6.09. The number of nitrogens with zero attached hydrogens (tertiary/aromatic N) is 1. The molecule has 0 aromatic rings. The highest BCUT2D eigenvalue weighted by Crippen LogP contribution is 2.65. The second-order valence-corrected chi connectivity index (χ2v) is 7.51. The highest BCUT2D eigenvalue weighted by atomic mass is 16.4. The molecule has 0 radical (unpaired) electrons. The quantitative estimate of drug-likeness (QED) is 0.830. The fourth-order valence-corrected chi connectivity index (χ4v) is 5.81. The molecule has 108 valence electrons. The van der Waals surface area contributed by atoms with E-state index in [0.29, 0.717) is 17.3 Å². The lowest BCUT2D eigenvalue weighted by Crippen LogP contribution is -2.58. The van der Waals surface area contributed by atoms with Crippen molar-refractivity contribution in [2.24, 2.45) is 22.7 Å². The molecule has 4 saturated carbocycles. The van der Waals surface area contributed by atoms with Crippen molar-refractivity contribution in [3.05, 3.63) is 0 Å². The van der Waals surface area contributed by atoms with Crippen LogP contribution in [0.3, 0.4) is 0 Å². The van der Waals surface area contributed by atoms with Gasteiger partial charge in [0.05, 0.1) is 5.41 Å². The Balaban J connectivity index is 1.85. The van der Waals surface area contributed by atoms with Crippen molar-refractivity contribution in [1.82, 2.24) is 4.90 Å². The van der Waals surface area contributed by atoms with E-state index in [9.17, 15) is 9.90 Å². The van der Waals surface area contributed by atoms with Crippen molar-refractivity contribution in [1.29, 1.82) is 0 Å². The van der Waals surface area contributed by atoms with Crippen LogP contribution in [0.25, 0.3) is 0 Å². The van der Waals surface area contributed by atoms with Gasteiger partial charge in [-0.3, -0.25) is 4.79 Å². The minimum absolute atomic E-state index is 0.314. The number of carboxylic acids is 1. The van der Waals surface area contributed by atoms with Crippen LogP contribution in [0.15, 0.2) is 0 Å². The SMILES string of the molecule is CCN(CC)CC12C[C@H]3C[C@@H](C1)CC(C(=O)O)(C3)C2. The molecule has 0 saturated heterocycles. The lowest BCUT2D eigenvalue weighted by atomic mass is 9.44. The Hall–Kier alpha value is -0.570. The number of carbonyl (C=O) groups is 1. The Morgan fingerprint density at radius 1 is 1.16 bits per heavy atom. The van der Waals surface area contributed by atoms with Crippen molar-refractivity contribution in [3.8, 4) is 0 Å². The summed E-state index contributed by atoms with van der Waals surface area (Å²) in [5, 5.41) is 9.73. The maximum Gasteiger partial charge on any atom is 0.309 e. The lowest BCUT2D eigenvalue weighted by Gasteiger charge is -2.61. The number of rotatable bonds is 5. The minimum Gasteiger partial charge on any atom is -0.481 e. The van der Waals surface area contributed by atoms with Crippen LogP contribution in [0.5, 0.6) is 0 Å². The summed E-state index contributed by atoms with van der Waals surface area (Å²) in [5.41, 5.74) is -0.0499. The highest BCUT2D eigenvalue weighted by Gasteiger charge is 2.60. The van der Waals surface area contributed by atoms with Gasteiger partial charge in [0.2, 0.25) is 0 Å². The third-order valence-electron chi connectivity index (χ3n) is 6.09. The lowest BCUT2D eigenvalue weighted by molar-refractivity contribution is -0.176. The topological polar surface area (TPSA) is 40.5 Å². The van der Waals surface area contributed by atoms with Gasteiger partial charge in [0, 0.05) is 6.54 Å². The molecular weight excluding hydrogens is 238 g/mol. The van der Waals surface area contributed by atoms with Crippen molar-refractivity contribution >= 4 is 5.97 Å². The Labute approximate surface area is 116 Å². The van der Waals surface area contributed by atoms with Gasteiger partial charge in [0.25, 0.3) is 0 Å². The molecule has 4 aliphatic rings. The zero-order chi connectivity index (χ0) is 13.7. The van der Waals surface area contributed by atoms with Gasteiger partial charge in [-0.25, -0.2) is 0 Å². The van der Waals surface area contributed by atoms with E-state index in [1.807, 2.05) is 0 Å². The summed E-state index contributed by atoms with van der Waals surface area (Å²) in [5.74, 6) is 0.867. The van der Waals surface area contributed by atoms with Gasteiger partial charge in [-0.1, -0.05) is 13.8 Å². The van der Waals surface area contributed by atoms with Gasteiger partial charge in [-0.15, -0.1) is 0 Å². The predicted octanol–water partition coefficient (Wildman–Crippen LogP) is 3.00. The van der Waals surface area contributed by atoms with Crippen LogP contribution >= 0.6 is 0 Å². The van der Waals surface area contributed by atoms with E-state index in [-0.39, 0.29) is 5.41 Å². The van der Waals surface area contributed by atoms with Crippen LogP contribution in [0, 0.1) is 22.7 Å². The molecule has 0 amide bonds. The third kappa shape index (κ3) is 2.10. The Bertz CT molecular complexity index is 361. The summed E-state index contributed by atoms with van der Waals surface area (Å²) in [6, 6.07) is 0. The molecule has 4 rings (SSSR count). The molecule has 4 fully saturated rings. The van der Waals surface area contributed by atoms with Crippen LogP contribution < -0.4 is 0 Å². The van der Waals surface area contributed by atoms with E-state index >= 15 is 0 Å². The average molecular weight is 265 g/mol. The van der Waals surface area contributed by atoms with Crippen LogP contribution in [0.1, 0.15) is 52.4 Å². The Morgan fingerprint density at radius 3 is 2.21 bits per heavy atom. The molecule has 0 spiro atoms. The summed E-state index contributed by atoms with van der Waals surface area (Å²) in [6.45, 7) is 7.75. The Kier molecular flexibility index (Phi) is 3.16. The first-order valence-electron chi connectivity index (χ1n) is 7.96. The second-order valence-electron chi connectivity index (χ2n) is 7.51. The molecule has 4 aliphatic carbocycles. The zero-order valence-corrected chi connectivity index (χ0v) is 12.3. The van der Waals surface area contributed by atoms with Crippen LogP contribution in [0.4, 0.5) is 0 Å². The van der Waals surface area contributed by atoms with Crippen molar-refractivity contribution < 1.29 is 9.90 Å². The van der Waals surface area contributed by atoms with E-state index in [4.69, 9.17) is 0 Å². The predicted molar refractivity (Wildman–Crippen MR) is 75.0 cm³/mol. The molecule has 0 aliphatic heterocycles. The first-order chi connectivity index (χ1) is 9.01. The molecular formula is C16H27NO2. The van der Waals surface area contributed by atoms with Crippen LogP contribution in [0.2, 0.25) is 0 Å². The van der Waals surface area contributed by atoms with E-state index < -0.39 is 5.97 Å². The first-order valence-corrected chi connectivity index (χ1v) is 7.96. The second kappa shape index (κ2) is 4.47. The van der Waals surface area contributed by atoms with E-state index in [1.165, 1.54) is 19.3 Å². The molecule has 2 unspecified atom stereocenters. The van der Waals surface area contributed by atoms with Gasteiger partial charge in [0.1, 0.15) is 0 Å². The van der Waals surface area contributed by atoms with E-state index in [0.717, 1.165) is 38.9 Å². The molecule has 1 N–H and O–H groups in total. The summed E-state index contributed by atoms with van der Waals surface area (Å²) in [6.07, 6.45) is 6.73. The van der Waals surface area contributed by atoms with Gasteiger partial charge < -0.3 is 10.0 Å². The first kappa shape index (κ1) is 13.4. The van der Waals surface area contributed by atoms with Crippen LogP contribution in [-0.4, -0.2) is 35.6 Å². The number of aliphatic carboxylic acids is 1. The Morgan fingerprint density at radius 2 is 1.74 bits per heavy atom. The zero-order valence-electron chi connectivity index (χ0n) is 12.3. The van der Waals surface area contributed by atoms with Crippen molar-refractivity contribution in [2.45, 2.75) is 52.4 Å². The molecule has 4 atom stereocenters. The monoisotopic (exact) mass is 265 g/mol. The summed E-state index contributed by atoms with van der Waals surface area (Å²) >= 11 is 0. The van der Waals surface area contributed by atoms with Gasteiger partial charge in [-0.2, -0.15) is 0 Å². The summed E-state index contributed by atoms with van der Waals surface area (Å²) in [4.78, 5) is 14.3. The van der Waals surface area contributed by atoms with E-state index in [2.05, 4.69) is 18.7 Å². The molecule has 4 bridgehead atoms. The van der Waals surface area contributed by atoms with Gasteiger partial charge >= 0.3 is 5.97 Å². The summed E-state index contributed by atoms with van der Waals surface area (Å²) in [7, 11) is 0. The van der Waals surface area contributed by atoms with Crippen molar-refractivity contribution in [3.63, 3.8) is 0 Å². The van der Waals surface area contributed by atoms with Crippen LogP contribution in [-0.2, 0) is 4.79 Å². The molecule has 3 nitrogen and oxygen atoms in total. The molecule has 0 aromatic heterocycles. The average Bonchev–Trinajstić information content (AvgIpc) is 2.34. The van der Waals surface area contributed by atoms with Gasteiger partial charge in [0.15, 0.2) is 0 Å². The maximum atomic E-state index is 11.8. The number of hydrogen-bond acceptors (Lipinski definition) is 2. The largest absolute Gasteiger partial charge is 0.481 e. The number of hydrogen-bond donors (Lipinski definition) is 1. The fraction of sp³-hybridized carbons (Fsp3) is 0.938. The molecule has 0 heterocycles. The van der Waals surface area contributed by atoms with Gasteiger partial charge in [-0.05, 0) is 68.9 Å². The fourth-order valence-electron chi connectivity index (χ4n) is 5.81. The van der Waals surface area contributed by atoms with E-state index in [1.54, 1.807) is 0 Å². The maximum absolute atomic E-state index is 11.8. The highest BCUT2D eigenvalue weighted by molar-refractivity contribution is 5.75. The normalized spacial score (nSPS) is 43.9. The number of carboxylic acid groups (broad SMARTS) is 1.